The molecule has 1 aromatic heterocycles. The zero-order chi connectivity index (χ0) is 13.9. The van der Waals surface area contributed by atoms with Crippen molar-refractivity contribution in [1.29, 1.82) is 0 Å². The zero-order valence-electron chi connectivity index (χ0n) is 12.4. The molecule has 0 saturated carbocycles. The largest absolute Gasteiger partial charge is 0.357 e. The second-order valence-corrected chi connectivity index (χ2v) is 5.11. The maximum absolute atomic E-state index is 4.50. The number of hydrogen-bond donors (Lipinski definition) is 2. The van der Waals surface area contributed by atoms with Crippen LogP contribution in [0.5, 0.6) is 0 Å². The van der Waals surface area contributed by atoms with Gasteiger partial charge in [-0.05, 0) is 31.8 Å². The van der Waals surface area contributed by atoms with Gasteiger partial charge in [0.15, 0.2) is 5.96 Å². The van der Waals surface area contributed by atoms with Gasteiger partial charge in [-0.1, -0.05) is 0 Å². The standard InChI is InChI=1S/C12H24N6S.HI/c1-4-13-12(14-7-5-6-8-19-3)15-9-11-16-10-17-18(11)2;/h10H,4-9H2,1-3H3,(H2,13,14,15);1H. The fourth-order valence-electron chi connectivity index (χ4n) is 1.53. The first-order valence-electron chi connectivity index (χ1n) is 6.62. The molecule has 1 heterocycles. The Morgan fingerprint density at radius 3 is 2.80 bits per heavy atom. The van der Waals surface area contributed by atoms with Crippen molar-refractivity contribution in [1.82, 2.24) is 25.4 Å². The number of aromatic nitrogens is 3. The maximum Gasteiger partial charge on any atom is 0.191 e. The monoisotopic (exact) mass is 412 g/mol. The van der Waals surface area contributed by atoms with Crippen molar-refractivity contribution in [2.45, 2.75) is 26.3 Å². The highest BCUT2D eigenvalue weighted by Gasteiger charge is 2.01. The molecule has 0 radical (unpaired) electrons. The van der Waals surface area contributed by atoms with Crippen molar-refractivity contribution >= 4 is 41.7 Å². The molecule has 6 nitrogen and oxygen atoms in total. The minimum atomic E-state index is 0. The first kappa shape index (κ1) is 19.5. The number of nitrogens with one attached hydrogen (secondary N) is 2. The van der Waals surface area contributed by atoms with E-state index in [2.05, 4.69) is 38.9 Å². The van der Waals surface area contributed by atoms with Gasteiger partial charge in [0, 0.05) is 20.1 Å². The van der Waals surface area contributed by atoms with Crippen molar-refractivity contribution in [2.75, 3.05) is 25.1 Å². The summed E-state index contributed by atoms with van der Waals surface area (Å²) in [5.41, 5.74) is 0. The third-order valence-electron chi connectivity index (χ3n) is 2.60. The Hall–Kier alpha value is -0.510. The van der Waals surface area contributed by atoms with Gasteiger partial charge in [0.2, 0.25) is 0 Å². The van der Waals surface area contributed by atoms with E-state index < -0.39 is 0 Å². The lowest BCUT2D eigenvalue weighted by Gasteiger charge is -2.10. The van der Waals surface area contributed by atoms with Crippen LogP contribution in [0, 0.1) is 0 Å². The van der Waals surface area contributed by atoms with E-state index in [9.17, 15) is 0 Å². The summed E-state index contributed by atoms with van der Waals surface area (Å²) in [6.07, 6.45) is 6.08. The van der Waals surface area contributed by atoms with Crippen LogP contribution in [-0.4, -0.2) is 45.8 Å². The van der Waals surface area contributed by atoms with Crippen LogP contribution in [0.3, 0.4) is 0 Å². The lowest BCUT2D eigenvalue weighted by Crippen LogP contribution is -2.37. The summed E-state index contributed by atoms with van der Waals surface area (Å²) in [5.74, 6) is 2.92. The summed E-state index contributed by atoms with van der Waals surface area (Å²) < 4.78 is 1.74. The average molecular weight is 412 g/mol. The molecule has 0 aliphatic carbocycles. The molecule has 1 rings (SSSR count). The molecule has 0 saturated heterocycles. The third kappa shape index (κ3) is 7.93. The fraction of sp³-hybridized carbons (Fsp3) is 0.750. The van der Waals surface area contributed by atoms with E-state index in [4.69, 9.17) is 0 Å². The van der Waals surface area contributed by atoms with Crippen molar-refractivity contribution in [3.63, 3.8) is 0 Å². The van der Waals surface area contributed by atoms with E-state index in [0.29, 0.717) is 6.54 Å². The molecule has 0 amide bonds. The summed E-state index contributed by atoms with van der Waals surface area (Å²) in [6.45, 7) is 4.41. The SMILES string of the molecule is CCNC(=NCc1ncnn1C)NCCCCSC.I. The van der Waals surface area contributed by atoms with Crippen molar-refractivity contribution in [3.05, 3.63) is 12.2 Å². The summed E-state index contributed by atoms with van der Waals surface area (Å²) >= 11 is 1.89. The van der Waals surface area contributed by atoms with E-state index >= 15 is 0 Å². The van der Waals surface area contributed by atoms with Crippen LogP contribution in [0.2, 0.25) is 0 Å². The number of guanidine groups is 1. The predicted molar refractivity (Wildman–Crippen MR) is 96.9 cm³/mol. The number of halogens is 1. The minimum absolute atomic E-state index is 0. The van der Waals surface area contributed by atoms with Crippen LogP contribution in [0.25, 0.3) is 0 Å². The quantitative estimate of drug-likeness (QED) is 0.294. The van der Waals surface area contributed by atoms with Crippen LogP contribution in [0.15, 0.2) is 11.3 Å². The molecule has 0 bridgehead atoms. The first-order chi connectivity index (χ1) is 9.27. The summed E-state index contributed by atoms with van der Waals surface area (Å²) in [4.78, 5) is 8.66. The Labute approximate surface area is 142 Å². The molecule has 1 aromatic rings. The Bertz CT molecular complexity index is 382. The van der Waals surface area contributed by atoms with E-state index in [1.807, 2.05) is 18.8 Å². The zero-order valence-corrected chi connectivity index (χ0v) is 15.6. The van der Waals surface area contributed by atoms with E-state index in [1.165, 1.54) is 12.2 Å². The number of nitrogens with zero attached hydrogens (tertiary/aromatic N) is 4. The smallest absolute Gasteiger partial charge is 0.191 e. The van der Waals surface area contributed by atoms with Crippen LogP contribution in [-0.2, 0) is 13.6 Å². The van der Waals surface area contributed by atoms with Crippen molar-refractivity contribution in [2.24, 2.45) is 12.0 Å². The third-order valence-corrected chi connectivity index (χ3v) is 3.29. The maximum atomic E-state index is 4.50. The van der Waals surface area contributed by atoms with Crippen molar-refractivity contribution in [3.8, 4) is 0 Å². The van der Waals surface area contributed by atoms with Gasteiger partial charge in [0.05, 0.1) is 0 Å². The molecule has 0 spiro atoms. The molecule has 2 N–H and O–H groups in total. The van der Waals surface area contributed by atoms with Gasteiger partial charge in [0.25, 0.3) is 0 Å². The number of rotatable bonds is 8. The fourth-order valence-corrected chi connectivity index (χ4v) is 2.03. The van der Waals surface area contributed by atoms with Crippen LogP contribution >= 0.6 is 35.7 Å². The molecule has 0 atom stereocenters. The number of aliphatic imine (C=N–C) groups is 1. The molecule has 116 valence electrons. The van der Waals surface area contributed by atoms with Crippen molar-refractivity contribution < 1.29 is 0 Å². The Kier molecular flexibility index (Phi) is 11.9. The number of aryl methyl sites for hydroxylation is 1. The molecular formula is C12H25IN6S. The first-order valence-corrected chi connectivity index (χ1v) is 8.01. The molecule has 0 aliphatic rings. The number of unbranched alkanes of at least 4 members (excludes halogenated alkanes) is 1. The molecule has 0 aromatic carbocycles. The van der Waals surface area contributed by atoms with Gasteiger partial charge in [-0.2, -0.15) is 16.9 Å². The molecule has 0 aliphatic heterocycles. The summed E-state index contributed by atoms with van der Waals surface area (Å²) in [5, 5.41) is 10.6. The lowest BCUT2D eigenvalue weighted by atomic mass is 10.3. The molecule has 0 fully saturated rings. The molecule has 0 unspecified atom stereocenters. The summed E-state index contributed by atoms with van der Waals surface area (Å²) in [6, 6.07) is 0. The van der Waals surface area contributed by atoms with E-state index in [0.717, 1.165) is 31.3 Å². The second-order valence-electron chi connectivity index (χ2n) is 4.12. The highest BCUT2D eigenvalue weighted by molar-refractivity contribution is 14.0. The molecule has 8 heteroatoms. The van der Waals surface area contributed by atoms with Crippen LogP contribution in [0.4, 0.5) is 0 Å². The van der Waals surface area contributed by atoms with Gasteiger partial charge in [-0.15, -0.1) is 24.0 Å². The average Bonchev–Trinajstić information content (AvgIpc) is 2.81. The molecular weight excluding hydrogens is 387 g/mol. The minimum Gasteiger partial charge on any atom is -0.357 e. The van der Waals surface area contributed by atoms with Gasteiger partial charge in [0.1, 0.15) is 18.7 Å². The highest BCUT2D eigenvalue weighted by Crippen LogP contribution is 1.98. The van der Waals surface area contributed by atoms with Gasteiger partial charge < -0.3 is 10.6 Å². The topological polar surface area (TPSA) is 67.1 Å². The predicted octanol–water partition coefficient (Wildman–Crippen LogP) is 1.63. The van der Waals surface area contributed by atoms with E-state index in [1.54, 1.807) is 11.0 Å². The van der Waals surface area contributed by atoms with Gasteiger partial charge in [-0.3, -0.25) is 4.68 Å². The van der Waals surface area contributed by atoms with Crippen LogP contribution in [0.1, 0.15) is 25.6 Å². The Morgan fingerprint density at radius 1 is 1.40 bits per heavy atom. The summed E-state index contributed by atoms with van der Waals surface area (Å²) in [7, 11) is 1.88. The number of thioether (sulfide) groups is 1. The van der Waals surface area contributed by atoms with Gasteiger partial charge in [-0.25, -0.2) is 9.98 Å². The van der Waals surface area contributed by atoms with Crippen LogP contribution < -0.4 is 10.6 Å². The Morgan fingerprint density at radius 2 is 2.20 bits per heavy atom. The lowest BCUT2D eigenvalue weighted by molar-refractivity contribution is 0.693. The Balaban J connectivity index is 0.00000361. The number of hydrogen-bond acceptors (Lipinski definition) is 4. The van der Waals surface area contributed by atoms with Gasteiger partial charge >= 0.3 is 0 Å². The normalized spacial score (nSPS) is 11.1. The highest BCUT2D eigenvalue weighted by atomic mass is 127. The van der Waals surface area contributed by atoms with E-state index in [-0.39, 0.29) is 24.0 Å². The second kappa shape index (κ2) is 12.2. The molecule has 20 heavy (non-hydrogen) atoms.